The summed E-state index contributed by atoms with van der Waals surface area (Å²) in [6, 6.07) is 11.3. The molecule has 2 aromatic carbocycles. The summed E-state index contributed by atoms with van der Waals surface area (Å²) in [5.41, 5.74) is 0.849. The number of aliphatic hydroxyl groups is 1. The molecule has 4 nitrogen and oxygen atoms in total. The molecule has 0 radical (unpaired) electrons. The Hall–Kier alpha value is -2.31. The fourth-order valence-corrected chi connectivity index (χ4v) is 2.39. The molecular weight excluding hydrogens is 316 g/mol. The van der Waals surface area contributed by atoms with Crippen LogP contribution in [0.1, 0.15) is 30.3 Å². The molecule has 2 aromatic rings. The van der Waals surface area contributed by atoms with E-state index in [2.05, 4.69) is 5.32 Å². The van der Waals surface area contributed by atoms with Crippen LogP contribution in [-0.4, -0.2) is 24.2 Å². The summed E-state index contributed by atoms with van der Waals surface area (Å²) in [7, 11) is 1.41. The molecule has 128 valence electrons. The highest BCUT2D eigenvalue weighted by Gasteiger charge is 2.25. The van der Waals surface area contributed by atoms with Crippen molar-refractivity contribution in [3.8, 4) is 0 Å². The van der Waals surface area contributed by atoms with Crippen LogP contribution in [0.3, 0.4) is 0 Å². The molecular formula is C18H19F2NO3. The van der Waals surface area contributed by atoms with Crippen molar-refractivity contribution >= 4 is 5.91 Å². The molecule has 24 heavy (non-hydrogen) atoms. The molecule has 2 N–H and O–H groups in total. The van der Waals surface area contributed by atoms with Crippen LogP contribution in [0.2, 0.25) is 0 Å². The summed E-state index contributed by atoms with van der Waals surface area (Å²) in [4.78, 5) is 12.4. The second-order valence-corrected chi connectivity index (χ2v) is 5.44. The lowest BCUT2D eigenvalue weighted by molar-refractivity contribution is -0.132. The monoisotopic (exact) mass is 335 g/mol. The number of halogens is 2. The van der Waals surface area contributed by atoms with Crippen LogP contribution >= 0.6 is 0 Å². The van der Waals surface area contributed by atoms with Crippen molar-refractivity contribution < 1.29 is 23.4 Å². The number of amides is 1. The third kappa shape index (κ3) is 4.15. The van der Waals surface area contributed by atoms with Crippen LogP contribution in [0.15, 0.2) is 48.5 Å². The lowest BCUT2D eigenvalue weighted by atomic mass is 10.0. The smallest absolute Gasteiger partial charge is 0.254 e. The van der Waals surface area contributed by atoms with Gasteiger partial charge in [0.25, 0.3) is 5.91 Å². The molecule has 0 spiro atoms. The van der Waals surface area contributed by atoms with Gasteiger partial charge >= 0.3 is 0 Å². The van der Waals surface area contributed by atoms with Gasteiger partial charge in [0.1, 0.15) is 0 Å². The maximum atomic E-state index is 13.3. The summed E-state index contributed by atoms with van der Waals surface area (Å²) in [5, 5.41) is 12.9. The summed E-state index contributed by atoms with van der Waals surface area (Å²) in [6.07, 6.45) is -2.01. The standard InChI is InChI=1S/C18H19F2NO3/c1-11(16(22)13-8-9-14(19)15(20)10-13)21-18(23)17(24-2)12-6-4-3-5-7-12/h3-11,16-17,22H,1-2H3,(H,21,23). The molecule has 0 aromatic heterocycles. The fourth-order valence-electron chi connectivity index (χ4n) is 2.39. The molecule has 0 saturated heterocycles. The van der Waals surface area contributed by atoms with Gasteiger partial charge in [0.2, 0.25) is 0 Å². The molecule has 0 bridgehead atoms. The maximum Gasteiger partial charge on any atom is 0.254 e. The minimum Gasteiger partial charge on any atom is -0.386 e. The molecule has 0 aliphatic heterocycles. The Labute approximate surface area is 139 Å². The lowest BCUT2D eigenvalue weighted by Gasteiger charge is -2.23. The molecule has 0 saturated carbocycles. The van der Waals surface area contributed by atoms with Crippen molar-refractivity contribution in [1.29, 1.82) is 0 Å². The predicted molar refractivity (Wildman–Crippen MR) is 85.1 cm³/mol. The van der Waals surface area contributed by atoms with Crippen molar-refractivity contribution in [1.82, 2.24) is 5.32 Å². The van der Waals surface area contributed by atoms with Crippen molar-refractivity contribution in [2.45, 2.75) is 25.2 Å². The van der Waals surface area contributed by atoms with Gasteiger partial charge in [-0.3, -0.25) is 4.79 Å². The van der Waals surface area contributed by atoms with Crippen LogP contribution in [0.25, 0.3) is 0 Å². The second kappa shape index (κ2) is 7.99. The Kier molecular flexibility index (Phi) is 6.00. The normalized spacial score (nSPS) is 14.7. The maximum absolute atomic E-state index is 13.3. The van der Waals surface area contributed by atoms with E-state index in [1.807, 2.05) is 6.07 Å². The van der Waals surface area contributed by atoms with Crippen molar-refractivity contribution in [3.05, 3.63) is 71.3 Å². The minimum absolute atomic E-state index is 0.176. The van der Waals surface area contributed by atoms with Gasteiger partial charge in [-0.05, 0) is 30.2 Å². The molecule has 0 aliphatic rings. The highest BCUT2D eigenvalue weighted by Crippen LogP contribution is 2.21. The predicted octanol–water partition coefficient (Wildman–Crippen LogP) is 2.89. The third-order valence-corrected chi connectivity index (χ3v) is 3.70. The largest absolute Gasteiger partial charge is 0.386 e. The van der Waals surface area contributed by atoms with Crippen LogP contribution < -0.4 is 5.32 Å². The van der Waals surface area contributed by atoms with Gasteiger partial charge in [-0.1, -0.05) is 36.4 Å². The number of hydrogen-bond donors (Lipinski definition) is 2. The first kappa shape index (κ1) is 18.0. The van der Waals surface area contributed by atoms with Gasteiger partial charge in [-0.15, -0.1) is 0 Å². The molecule has 2 rings (SSSR count). The van der Waals surface area contributed by atoms with Crippen LogP contribution in [-0.2, 0) is 9.53 Å². The van der Waals surface area contributed by atoms with E-state index in [9.17, 15) is 18.7 Å². The first-order chi connectivity index (χ1) is 11.4. The Morgan fingerprint density at radius 3 is 2.33 bits per heavy atom. The number of hydrogen-bond acceptors (Lipinski definition) is 3. The number of carbonyl (C=O) groups is 1. The number of nitrogens with one attached hydrogen (secondary N) is 1. The van der Waals surface area contributed by atoms with E-state index in [-0.39, 0.29) is 5.56 Å². The van der Waals surface area contributed by atoms with Gasteiger partial charge in [0, 0.05) is 7.11 Å². The average molecular weight is 335 g/mol. The number of rotatable bonds is 6. The number of benzene rings is 2. The van der Waals surface area contributed by atoms with Gasteiger partial charge in [0.05, 0.1) is 12.1 Å². The number of carbonyl (C=O) groups excluding carboxylic acids is 1. The molecule has 3 atom stereocenters. The van der Waals surface area contributed by atoms with E-state index in [1.54, 1.807) is 31.2 Å². The van der Waals surface area contributed by atoms with E-state index in [0.29, 0.717) is 5.56 Å². The van der Waals surface area contributed by atoms with Gasteiger partial charge in [0.15, 0.2) is 17.7 Å². The third-order valence-electron chi connectivity index (χ3n) is 3.70. The van der Waals surface area contributed by atoms with Gasteiger partial charge in [-0.25, -0.2) is 8.78 Å². The minimum atomic E-state index is -1.18. The van der Waals surface area contributed by atoms with E-state index in [0.717, 1.165) is 12.1 Å². The Morgan fingerprint density at radius 2 is 1.75 bits per heavy atom. The van der Waals surface area contributed by atoms with Crippen LogP contribution in [0.4, 0.5) is 8.78 Å². The first-order valence-corrected chi connectivity index (χ1v) is 7.45. The van der Waals surface area contributed by atoms with Gasteiger partial charge in [-0.2, -0.15) is 0 Å². The summed E-state index contributed by atoms with van der Waals surface area (Å²) >= 11 is 0. The fraction of sp³-hybridized carbons (Fsp3) is 0.278. The number of methoxy groups -OCH3 is 1. The molecule has 0 aliphatic carbocycles. The molecule has 0 heterocycles. The number of aliphatic hydroxyl groups excluding tert-OH is 1. The topological polar surface area (TPSA) is 58.6 Å². The van der Waals surface area contributed by atoms with E-state index in [1.165, 1.54) is 13.2 Å². The zero-order chi connectivity index (χ0) is 17.7. The zero-order valence-electron chi connectivity index (χ0n) is 13.4. The quantitative estimate of drug-likeness (QED) is 0.853. The van der Waals surface area contributed by atoms with Gasteiger partial charge < -0.3 is 15.2 Å². The first-order valence-electron chi connectivity index (χ1n) is 7.45. The Bertz CT molecular complexity index is 694. The van der Waals surface area contributed by atoms with E-state index < -0.39 is 35.8 Å². The highest BCUT2D eigenvalue weighted by atomic mass is 19.2. The molecule has 1 amide bonds. The molecule has 0 fully saturated rings. The average Bonchev–Trinajstić information content (AvgIpc) is 2.58. The van der Waals surface area contributed by atoms with Crippen molar-refractivity contribution in [2.24, 2.45) is 0 Å². The van der Waals surface area contributed by atoms with Crippen molar-refractivity contribution in [3.63, 3.8) is 0 Å². The highest BCUT2D eigenvalue weighted by molar-refractivity contribution is 5.82. The second-order valence-electron chi connectivity index (χ2n) is 5.44. The van der Waals surface area contributed by atoms with Crippen LogP contribution in [0.5, 0.6) is 0 Å². The summed E-state index contributed by atoms with van der Waals surface area (Å²) in [6.45, 7) is 1.57. The Morgan fingerprint density at radius 1 is 1.08 bits per heavy atom. The SMILES string of the molecule is COC(C(=O)NC(C)C(O)c1ccc(F)c(F)c1)c1ccccc1. The zero-order valence-corrected chi connectivity index (χ0v) is 13.4. The molecule has 6 heteroatoms. The molecule has 3 unspecified atom stereocenters. The van der Waals surface area contributed by atoms with Crippen molar-refractivity contribution in [2.75, 3.05) is 7.11 Å². The summed E-state index contributed by atoms with van der Waals surface area (Å²) in [5.74, 6) is -2.48. The number of ether oxygens (including phenoxy) is 1. The Balaban J connectivity index is 2.08. The summed E-state index contributed by atoms with van der Waals surface area (Å²) < 4.78 is 31.5. The van der Waals surface area contributed by atoms with Crippen LogP contribution in [0, 0.1) is 11.6 Å². The van der Waals surface area contributed by atoms with E-state index in [4.69, 9.17) is 4.74 Å². The van der Waals surface area contributed by atoms with E-state index >= 15 is 0 Å². The lowest BCUT2D eigenvalue weighted by Crippen LogP contribution is -2.40.